The molecule has 0 aliphatic carbocycles. The van der Waals surface area contributed by atoms with Crippen molar-refractivity contribution in [1.82, 2.24) is 5.32 Å². The van der Waals surface area contributed by atoms with E-state index >= 15 is 0 Å². The molecule has 3 unspecified atom stereocenters. The van der Waals surface area contributed by atoms with Crippen LogP contribution in [-0.4, -0.2) is 73.4 Å². The van der Waals surface area contributed by atoms with E-state index in [1.165, 1.54) is 51.4 Å². The number of carbonyl (C=O) groups is 1. The van der Waals surface area contributed by atoms with Crippen molar-refractivity contribution in [2.24, 2.45) is 0 Å². The number of aliphatic hydroxyl groups is 1. The number of amides is 1. The third-order valence-corrected chi connectivity index (χ3v) is 11.2. The van der Waals surface area contributed by atoms with Crippen LogP contribution in [0.4, 0.5) is 0 Å². The second-order valence-corrected chi connectivity index (χ2v) is 18.9. The second-order valence-electron chi connectivity index (χ2n) is 17.5. The number of phosphoric acid groups is 1. The largest absolute Gasteiger partial charge is 0.472 e. The van der Waals surface area contributed by atoms with Gasteiger partial charge in [0.1, 0.15) is 13.2 Å². The summed E-state index contributed by atoms with van der Waals surface area (Å²) < 4.78 is 23.5. The standard InChI is InChI=1S/C54H93N2O6P/c1-6-8-10-12-14-16-17-18-19-20-21-22-23-24-25-26-27-28-29-30-31-32-33-34-35-36-37-38-39-40-42-44-46-48-54(58)55-52(51-62-63(59,60)61-50-49-56(3,4)5)53(57)47-45-43-41-15-13-11-9-7-2/h8,10,14,16,18-19,21-22,24-25,27-28,30-31,33-34,45,47,52-53,57H,6-7,9,11-13,15,17,20,23,26,29,32,35-44,46,48-51H2,1-5H3,(H-,55,58,59,60)/p+1/b10-8-,16-14-,19-18-,22-21-,25-24-,28-27-,31-30-,34-33-,47-45+. The molecule has 0 spiro atoms. The van der Waals surface area contributed by atoms with E-state index in [1.807, 2.05) is 27.2 Å². The molecule has 360 valence electrons. The van der Waals surface area contributed by atoms with E-state index in [0.717, 1.165) is 103 Å². The van der Waals surface area contributed by atoms with Gasteiger partial charge in [0, 0.05) is 6.42 Å². The molecule has 0 aliphatic rings. The van der Waals surface area contributed by atoms with Gasteiger partial charge >= 0.3 is 7.82 Å². The number of unbranched alkanes of at least 4 members (excludes halogenated alkanes) is 14. The van der Waals surface area contributed by atoms with Crippen molar-refractivity contribution >= 4 is 13.7 Å². The monoisotopic (exact) mass is 898 g/mol. The highest BCUT2D eigenvalue weighted by molar-refractivity contribution is 7.47. The molecule has 0 aliphatic heterocycles. The van der Waals surface area contributed by atoms with Gasteiger partial charge in [-0.05, 0) is 83.5 Å². The number of likely N-dealkylation sites (N-methyl/N-ethyl adjacent to an activating group) is 1. The number of phosphoric ester groups is 1. The van der Waals surface area contributed by atoms with Gasteiger partial charge in [0.05, 0.1) is 39.9 Å². The number of hydrogen-bond acceptors (Lipinski definition) is 5. The van der Waals surface area contributed by atoms with Gasteiger partial charge in [-0.15, -0.1) is 0 Å². The van der Waals surface area contributed by atoms with E-state index in [4.69, 9.17) is 9.05 Å². The first-order valence-electron chi connectivity index (χ1n) is 24.8. The molecule has 0 fully saturated rings. The Morgan fingerprint density at radius 2 is 0.952 bits per heavy atom. The summed E-state index contributed by atoms with van der Waals surface area (Å²) in [5, 5.41) is 13.7. The zero-order chi connectivity index (χ0) is 46.4. The summed E-state index contributed by atoms with van der Waals surface area (Å²) >= 11 is 0. The summed E-state index contributed by atoms with van der Waals surface area (Å²) in [6, 6.07) is -0.855. The van der Waals surface area contributed by atoms with E-state index in [9.17, 15) is 19.4 Å². The summed E-state index contributed by atoms with van der Waals surface area (Å²) in [7, 11) is 1.54. The van der Waals surface area contributed by atoms with Crippen LogP contribution in [0.1, 0.15) is 174 Å². The van der Waals surface area contributed by atoms with Gasteiger partial charge < -0.3 is 19.8 Å². The molecule has 0 rings (SSSR count). The van der Waals surface area contributed by atoms with E-state index in [1.54, 1.807) is 6.08 Å². The van der Waals surface area contributed by atoms with E-state index in [-0.39, 0.29) is 19.1 Å². The lowest BCUT2D eigenvalue weighted by atomic mass is 10.1. The molecule has 3 atom stereocenters. The smallest absolute Gasteiger partial charge is 0.387 e. The highest BCUT2D eigenvalue weighted by Gasteiger charge is 2.27. The first-order valence-corrected chi connectivity index (χ1v) is 26.3. The zero-order valence-corrected chi connectivity index (χ0v) is 41.7. The predicted octanol–water partition coefficient (Wildman–Crippen LogP) is 14.5. The summed E-state index contributed by atoms with van der Waals surface area (Å²) in [5.74, 6) is -0.195. The van der Waals surface area contributed by atoms with Crippen LogP contribution in [0.2, 0.25) is 0 Å². The first-order chi connectivity index (χ1) is 30.5. The Morgan fingerprint density at radius 1 is 0.556 bits per heavy atom. The molecule has 9 heteroatoms. The van der Waals surface area contributed by atoms with E-state index < -0.39 is 20.0 Å². The first kappa shape index (κ1) is 60.2. The van der Waals surface area contributed by atoms with Crippen LogP contribution in [0, 0.1) is 0 Å². The van der Waals surface area contributed by atoms with Gasteiger partial charge in [0.15, 0.2) is 0 Å². The fraction of sp³-hybridized carbons (Fsp3) is 0.648. The van der Waals surface area contributed by atoms with Crippen molar-refractivity contribution in [1.29, 1.82) is 0 Å². The molecule has 1 amide bonds. The Labute approximate surface area is 387 Å². The van der Waals surface area contributed by atoms with Crippen LogP contribution < -0.4 is 5.32 Å². The molecule has 0 bridgehead atoms. The normalized spacial score (nSPS) is 15.1. The number of rotatable bonds is 43. The molecule has 0 aromatic heterocycles. The van der Waals surface area contributed by atoms with Crippen molar-refractivity contribution in [2.45, 2.75) is 187 Å². The maximum Gasteiger partial charge on any atom is 0.472 e. The van der Waals surface area contributed by atoms with Crippen LogP contribution in [0.3, 0.4) is 0 Å². The highest BCUT2D eigenvalue weighted by Crippen LogP contribution is 2.43. The SMILES string of the molecule is CC/C=C\C/C=C\C/C=C\C/C=C\C/C=C\C/C=C\C/C=C\C/C=C\CCCCCCCCCCC(=O)NC(COP(=O)(O)OCC[N+](C)(C)C)C(O)/C=C/CCCCCCCC. The average molecular weight is 898 g/mol. The number of quaternary nitrogens is 1. The summed E-state index contributed by atoms with van der Waals surface area (Å²) in [6.07, 6.45) is 64.7. The fourth-order valence-corrected chi connectivity index (χ4v) is 7.08. The Kier molecular flexibility index (Phi) is 42.4. The van der Waals surface area contributed by atoms with Gasteiger partial charge in [0.2, 0.25) is 5.91 Å². The highest BCUT2D eigenvalue weighted by atomic mass is 31.2. The summed E-state index contributed by atoms with van der Waals surface area (Å²) in [5.41, 5.74) is 0. The molecule has 63 heavy (non-hydrogen) atoms. The molecule has 3 N–H and O–H groups in total. The second kappa shape index (κ2) is 44.4. The molecular weight excluding hydrogens is 804 g/mol. The minimum Gasteiger partial charge on any atom is -0.387 e. The van der Waals surface area contributed by atoms with Gasteiger partial charge in [-0.25, -0.2) is 4.57 Å². The van der Waals surface area contributed by atoms with Gasteiger partial charge in [-0.1, -0.05) is 194 Å². The minimum atomic E-state index is -4.34. The van der Waals surface area contributed by atoms with Crippen LogP contribution >= 0.6 is 7.82 Å². The minimum absolute atomic E-state index is 0.0537. The fourth-order valence-electron chi connectivity index (χ4n) is 6.35. The van der Waals surface area contributed by atoms with Crippen molar-refractivity contribution in [2.75, 3.05) is 40.9 Å². The number of nitrogens with zero attached hydrogens (tertiary/aromatic N) is 1. The van der Waals surface area contributed by atoms with Crippen molar-refractivity contribution in [3.05, 3.63) is 109 Å². The number of allylic oxidation sites excluding steroid dienone is 17. The predicted molar refractivity (Wildman–Crippen MR) is 272 cm³/mol. The topological polar surface area (TPSA) is 105 Å². The quantitative estimate of drug-likeness (QED) is 0.0244. The van der Waals surface area contributed by atoms with Crippen molar-refractivity contribution in [3.63, 3.8) is 0 Å². The number of hydrogen-bond donors (Lipinski definition) is 3. The average Bonchev–Trinajstić information content (AvgIpc) is 3.24. The van der Waals surface area contributed by atoms with Crippen molar-refractivity contribution < 1.29 is 32.9 Å². The molecule has 0 aromatic rings. The zero-order valence-electron chi connectivity index (χ0n) is 40.8. The Hall–Kier alpha value is -2.84. The molecule has 0 radical (unpaired) electrons. The maximum atomic E-state index is 12.9. The molecular formula is C54H94N2O6P+. The van der Waals surface area contributed by atoms with Gasteiger partial charge in [-0.3, -0.25) is 13.8 Å². The molecule has 0 aromatic carbocycles. The molecule has 0 saturated carbocycles. The van der Waals surface area contributed by atoms with Crippen LogP contribution in [-0.2, 0) is 18.4 Å². The summed E-state index contributed by atoms with van der Waals surface area (Å²) in [4.78, 5) is 23.1. The van der Waals surface area contributed by atoms with Crippen LogP contribution in [0.25, 0.3) is 0 Å². The van der Waals surface area contributed by atoms with E-state index in [0.29, 0.717) is 17.4 Å². The third kappa shape index (κ3) is 47.0. The maximum absolute atomic E-state index is 12.9. The lowest BCUT2D eigenvalue weighted by molar-refractivity contribution is -0.870. The lowest BCUT2D eigenvalue weighted by Gasteiger charge is -2.25. The Bertz CT molecular complexity index is 1390. The Morgan fingerprint density at radius 3 is 1.40 bits per heavy atom. The number of aliphatic hydroxyl groups excluding tert-OH is 1. The Balaban J connectivity index is 4.12. The van der Waals surface area contributed by atoms with Gasteiger partial charge in [0.25, 0.3) is 0 Å². The van der Waals surface area contributed by atoms with Gasteiger partial charge in [-0.2, -0.15) is 0 Å². The lowest BCUT2D eigenvalue weighted by Crippen LogP contribution is -2.45. The van der Waals surface area contributed by atoms with Crippen molar-refractivity contribution in [3.8, 4) is 0 Å². The van der Waals surface area contributed by atoms with Crippen LogP contribution in [0.15, 0.2) is 109 Å². The number of nitrogens with one attached hydrogen (secondary N) is 1. The van der Waals surface area contributed by atoms with Crippen LogP contribution in [0.5, 0.6) is 0 Å². The third-order valence-electron chi connectivity index (χ3n) is 10.2. The molecule has 0 heterocycles. The molecule has 8 nitrogen and oxygen atoms in total. The summed E-state index contributed by atoms with van der Waals surface area (Å²) in [6.45, 7) is 4.62. The van der Waals surface area contributed by atoms with E-state index in [2.05, 4.69) is 116 Å². The molecule has 0 saturated heterocycles. The number of carbonyl (C=O) groups excluding carboxylic acids is 1.